The molecular formula is C8H22NP. The van der Waals surface area contributed by atoms with Crippen molar-refractivity contribution in [3.63, 3.8) is 0 Å². The Morgan fingerprint density at radius 2 is 1.50 bits per heavy atom. The van der Waals surface area contributed by atoms with E-state index in [0.717, 1.165) is 0 Å². The fourth-order valence-electron chi connectivity index (χ4n) is 0.559. The summed E-state index contributed by atoms with van der Waals surface area (Å²) in [6, 6.07) is 0. The van der Waals surface area contributed by atoms with E-state index < -0.39 is 0 Å². The first-order valence-corrected chi connectivity index (χ1v) is 3.56. The average molecular weight is 163 g/mol. The van der Waals surface area contributed by atoms with Gasteiger partial charge in [0.15, 0.2) is 0 Å². The van der Waals surface area contributed by atoms with Crippen LogP contribution in [0.5, 0.6) is 0 Å². The summed E-state index contributed by atoms with van der Waals surface area (Å²) in [5.74, 6) is 0. The minimum Gasteiger partial charge on any atom is -0.309 e. The van der Waals surface area contributed by atoms with Crippen molar-refractivity contribution in [2.24, 2.45) is 5.41 Å². The monoisotopic (exact) mass is 163 g/mol. The molecule has 0 aromatic carbocycles. The lowest BCUT2D eigenvalue weighted by molar-refractivity contribution is 0.297. The third-order valence-corrected chi connectivity index (χ3v) is 1.31. The van der Waals surface area contributed by atoms with Crippen LogP contribution in [0.15, 0.2) is 0 Å². The average Bonchev–Trinajstić information content (AvgIpc) is 1.59. The minimum absolute atomic E-state index is 0. The van der Waals surface area contributed by atoms with E-state index in [-0.39, 0.29) is 9.90 Å². The third-order valence-electron chi connectivity index (χ3n) is 1.31. The maximum absolute atomic E-state index is 2.27. The van der Waals surface area contributed by atoms with Gasteiger partial charge in [-0.05, 0) is 32.5 Å². The highest BCUT2D eigenvalue weighted by Crippen LogP contribution is 2.17. The summed E-state index contributed by atoms with van der Waals surface area (Å²) in [5.41, 5.74) is 0.490. The van der Waals surface area contributed by atoms with Crippen LogP contribution >= 0.6 is 9.90 Å². The van der Waals surface area contributed by atoms with Gasteiger partial charge in [-0.15, -0.1) is 0 Å². The molecule has 1 unspecified atom stereocenters. The molecule has 0 bridgehead atoms. The van der Waals surface area contributed by atoms with E-state index in [4.69, 9.17) is 0 Å². The van der Waals surface area contributed by atoms with Crippen molar-refractivity contribution in [1.29, 1.82) is 0 Å². The Labute approximate surface area is 68.8 Å². The maximum atomic E-state index is 2.27. The van der Waals surface area contributed by atoms with Gasteiger partial charge in [0.2, 0.25) is 0 Å². The van der Waals surface area contributed by atoms with E-state index >= 15 is 0 Å². The van der Waals surface area contributed by atoms with E-state index in [0.29, 0.717) is 5.41 Å². The molecule has 0 saturated carbocycles. The van der Waals surface area contributed by atoms with E-state index in [1.165, 1.54) is 13.0 Å². The Balaban J connectivity index is 0. The molecule has 0 spiro atoms. The van der Waals surface area contributed by atoms with Gasteiger partial charge >= 0.3 is 0 Å². The fourth-order valence-corrected chi connectivity index (χ4v) is 0.559. The van der Waals surface area contributed by atoms with Crippen molar-refractivity contribution < 1.29 is 0 Å². The largest absolute Gasteiger partial charge is 0.309 e. The second-order valence-electron chi connectivity index (χ2n) is 4.11. The van der Waals surface area contributed by atoms with Gasteiger partial charge in [-0.1, -0.05) is 20.8 Å². The molecule has 0 fully saturated rings. The zero-order valence-corrected chi connectivity index (χ0v) is 9.48. The van der Waals surface area contributed by atoms with E-state index in [2.05, 4.69) is 39.8 Å². The second-order valence-corrected chi connectivity index (χ2v) is 4.11. The first-order chi connectivity index (χ1) is 3.92. The second kappa shape index (κ2) is 5.09. The lowest BCUT2D eigenvalue weighted by Crippen LogP contribution is -2.19. The van der Waals surface area contributed by atoms with Crippen LogP contribution in [-0.4, -0.2) is 25.5 Å². The Morgan fingerprint density at radius 3 is 1.60 bits per heavy atom. The fraction of sp³-hybridized carbons (Fsp3) is 1.00. The number of hydrogen-bond acceptors (Lipinski definition) is 1. The number of rotatable bonds is 2. The molecule has 0 aliphatic carbocycles. The van der Waals surface area contributed by atoms with Crippen molar-refractivity contribution in [2.75, 3.05) is 20.6 Å². The molecule has 0 rings (SSSR count). The standard InChI is InChI=1S/C8H19N.H3P/c1-8(2,3)6-7-9(4)5;/h6-7H2,1-5H3;1H3. The predicted octanol–water partition coefficient (Wildman–Crippen LogP) is 2.04. The molecule has 1 atom stereocenters. The van der Waals surface area contributed by atoms with Crippen LogP contribution in [0.4, 0.5) is 0 Å². The minimum atomic E-state index is 0. The van der Waals surface area contributed by atoms with Gasteiger partial charge in [-0.2, -0.15) is 9.90 Å². The van der Waals surface area contributed by atoms with Crippen LogP contribution in [0.25, 0.3) is 0 Å². The van der Waals surface area contributed by atoms with Crippen molar-refractivity contribution in [1.82, 2.24) is 4.90 Å². The zero-order chi connectivity index (χ0) is 7.49. The van der Waals surface area contributed by atoms with Crippen LogP contribution in [0, 0.1) is 5.41 Å². The van der Waals surface area contributed by atoms with Crippen LogP contribution in [0.1, 0.15) is 27.2 Å². The van der Waals surface area contributed by atoms with Gasteiger partial charge in [0.1, 0.15) is 0 Å². The summed E-state index contributed by atoms with van der Waals surface area (Å²) >= 11 is 0. The molecular weight excluding hydrogens is 141 g/mol. The van der Waals surface area contributed by atoms with Gasteiger partial charge in [0.05, 0.1) is 0 Å². The van der Waals surface area contributed by atoms with Gasteiger partial charge < -0.3 is 4.90 Å². The summed E-state index contributed by atoms with van der Waals surface area (Å²) in [7, 11) is 4.23. The van der Waals surface area contributed by atoms with Crippen molar-refractivity contribution >= 4 is 9.90 Å². The summed E-state index contributed by atoms with van der Waals surface area (Å²) < 4.78 is 0. The van der Waals surface area contributed by atoms with Crippen LogP contribution in [0.2, 0.25) is 0 Å². The predicted molar refractivity (Wildman–Crippen MR) is 53.7 cm³/mol. The third kappa shape index (κ3) is 11.2. The highest BCUT2D eigenvalue weighted by atomic mass is 31.0. The van der Waals surface area contributed by atoms with Crippen molar-refractivity contribution in [3.05, 3.63) is 0 Å². The van der Waals surface area contributed by atoms with E-state index in [1.54, 1.807) is 0 Å². The lowest BCUT2D eigenvalue weighted by Gasteiger charge is -2.20. The summed E-state index contributed by atoms with van der Waals surface area (Å²) in [6.45, 7) is 8.02. The van der Waals surface area contributed by atoms with Gasteiger partial charge in [-0.3, -0.25) is 0 Å². The summed E-state index contributed by atoms with van der Waals surface area (Å²) in [6.07, 6.45) is 1.28. The van der Waals surface area contributed by atoms with Crippen LogP contribution < -0.4 is 0 Å². The Bertz CT molecular complexity index is 73.8. The molecule has 0 aliphatic rings. The molecule has 0 aromatic heterocycles. The van der Waals surface area contributed by atoms with Crippen LogP contribution in [0.3, 0.4) is 0 Å². The first kappa shape index (κ1) is 13.0. The van der Waals surface area contributed by atoms with Crippen molar-refractivity contribution in [3.8, 4) is 0 Å². The number of hydrogen-bond donors (Lipinski definition) is 0. The maximum Gasteiger partial charge on any atom is -0.00198 e. The van der Waals surface area contributed by atoms with E-state index in [9.17, 15) is 0 Å². The SMILES string of the molecule is CN(C)CCC(C)(C)C.P. The van der Waals surface area contributed by atoms with Gasteiger partial charge in [0.25, 0.3) is 0 Å². The lowest BCUT2D eigenvalue weighted by atomic mass is 9.92. The summed E-state index contributed by atoms with van der Waals surface area (Å²) in [4.78, 5) is 2.23. The van der Waals surface area contributed by atoms with E-state index in [1.807, 2.05) is 0 Å². The first-order valence-electron chi connectivity index (χ1n) is 3.56. The molecule has 0 aliphatic heterocycles. The number of nitrogens with zero attached hydrogens (tertiary/aromatic N) is 1. The molecule has 2 heteroatoms. The van der Waals surface area contributed by atoms with Crippen molar-refractivity contribution in [2.45, 2.75) is 27.2 Å². The smallest absolute Gasteiger partial charge is 0.00198 e. The molecule has 1 nitrogen and oxygen atoms in total. The van der Waals surface area contributed by atoms with Gasteiger partial charge in [-0.25, -0.2) is 0 Å². The molecule has 0 aromatic rings. The molecule has 0 saturated heterocycles. The normalized spacial score (nSPS) is 11.4. The quantitative estimate of drug-likeness (QED) is 0.563. The highest BCUT2D eigenvalue weighted by Gasteiger charge is 2.08. The van der Waals surface area contributed by atoms with Crippen LogP contribution in [-0.2, 0) is 0 Å². The topological polar surface area (TPSA) is 3.24 Å². The highest BCUT2D eigenvalue weighted by molar-refractivity contribution is 6.92. The molecule has 0 amide bonds. The Kier molecular flexibility index (Phi) is 6.63. The summed E-state index contributed by atoms with van der Waals surface area (Å²) in [5, 5.41) is 0. The molecule has 0 heterocycles. The molecule has 64 valence electrons. The zero-order valence-electron chi connectivity index (χ0n) is 8.07. The molecule has 10 heavy (non-hydrogen) atoms. The van der Waals surface area contributed by atoms with Gasteiger partial charge in [0, 0.05) is 0 Å². The Morgan fingerprint density at radius 1 is 1.10 bits per heavy atom. The molecule has 0 N–H and O–H groups in total. The molecule has 0 radical (unpaired) electrons. The Hall–Kier alpha value is 0.390.